The summed E-state index contributed by atoms with van der Waals surface area (Å²) in [5, 5.41) is 38.4. The van der Waals surface area contributed by atoms with E-state index >= 15 is 0 Å². The molecule has 9 heteroatoms. The van der Waals surface area contributed by atoms with Gasteiger partial charge in [0.1, 0.15) is 0 Å². The molecule has 0 saturated heterocycles. The monoisotopic (exact) mass is 877 g/mol. The maximum absolute atomic E-state index is 9.02. The minimum Gasteiger partial charge on any atom is -0.392 e. The largest absolute Gasteiger partial charge is 0.392 e. The Labute approximate surface area is 371 Å². The van der Waals surface area contributed by atoms with Crippen LogP contribution in [0.5, 0.6) is 0 Å². The first-order valence-electron chi connectivity index (χ1n) is 20.0. The van der Waals surface area contributed by atoms with Crippen LogP contribution in [0.15, 0.2) is 66.9 Å². The van der Waals surface area contributed by atoms with E-state index in [2.05, 4.69) is 95.0 Å². The van der Waals surface area contributed by atoms with E-state index in [-0.39, 0.29) is 42.7 Å². The molecule has 0 saturated carbocycles. The molecule has 4 rings (SSSR count). The van der Waals surface area contributed by atoms with E-state index in [0.717, 1.165) is 47.9 Å². The molecule has 4 N–H and O–H groups in total. The molecular formula is C49H71Cl4NO4. The standard InChI is InChI=1S/2C13H19ClO.C12H17ClO.C11H16ClNO/c1-9(13(2,3)4)10-5-6-11(8-15)12(14)7-10;1-13(2,3)7-6-10-4-5-11(9-15)12(14)8-10;1-12(2,3)7-9-4-5-10(8-14)11(13)6-9;1-11(2,3)5-8-4-9(12)10(7-14)13-6-8/h5-7,9,15H,8H2,1-4H3;4-5,8,15H,6-7,9H2,1-3H3;4-6,14H,7-8H2,1-3H3;4,6,14H,5,7H2,1-3H3. The zero-order valence-electron chi connectivity index (χ0n) is 37.3. The average Bonchev–Trinajstić information content (AvgIpc) is 3.09. The molecule has 3 aromatic carbocycles. The molecule has 1 unspecified atom stereocenters. The Hall–Kier alpha value is -2.19. The number of aromatic nitrogens is 1. The molecule has 1 atom stereocenters. The Bertz CT molecular complexity index is 1770. The highest BCUT2D eigenvalue weighted by Crippen LogP contribution is 2.36. The van der Waals surface area contributed by atoms with Crippen LogP contribution in [-0.2, 0) is 45.7 Å². The minimum absolute atomic E-state index is 0.00299. The Morgan fingerprint density at radius 3 is 1.29 bits per heavy atom. The number of aliphatic hydroxyl groups is 4. The maximum atomic E-state index is 9.02. The van der Waals surface area contributed by atoms with Gasteiger partial charge in [0.05, 0.1) is 37.1 Å². The van der Waals surface area contributed by atoms with Crippen molar-refractivity contribution in [2.75, 3.05) is 0 Å². The van der Waals surface area contributed by atoms with Crippen LogP contribution in [0.1, 0.15) is 147 Å². The molecule has 1 heterocycles. The molecule has 0 amide bonds. The number of hydrogen-bond acceptors (Lipinski definition) is 5. The zero-order valence-corrected chi connectivity index (χ0v) is 40.4. The van der Waals surface area contributed by atoms with Crippen LogP contribution in [0.4, 0.5) is 0 Å². The lowest BCUT2D eigenvalue weighted by Crippen LogP contribution is -2.15. The normalized spacial score (nSPS) is 12.4. The highest BCUT2D eigenvalue weighted by atomic mass is 35.5. The van der Waals surface area contributed by atoms with Gasteiger partial charge in [0.15, 0.2) is 0 Å². The van der Waals surface area contributed by atoms with Crippen LogP contribution in [0.2, 0.25) is 20.1 Å². The van der Waals surface area contributed by atoms with Crippen molar-refractivity contribution in [1.82, 2.24) is 4.98 Å². The number of aryl methyl sites for hydroxylation is 1. The first-order chi connectivity index (χ1) is 26.6. The summed E-state index contributed by atoms with van der Waals surface area (Å²) in [6.07, 6.45) is 5.89. The Kier molecular flexibility index (Phi) is 22.6. The van der Waals surface area contributed by atoms with Crippen molar-refractivity contribution >= 4 is 46.4 Å². The summed E-state index contributed by atoms with van der Waals surface area (Å²) in [5.41, 5.74) is 8.81. The van der Waals surface area contributed by atoms with E-state index in [1.165, 1.54) is 16.7 Å². The predicted molar refractivity (Wildman–Crippen MR) is 249 cm³/mol. The second-order valence-corrected chi connectivity index (χ2v) is 21.4. The van der Waals surface area contributed by atoms with Crippen molar-refractivity contribution < 1.29 is 20.4 Å². The summed E-state index contributed by atoms with van der Waals surface area (Å²) in [6.45, 7) is 28.5. The number of halogens is 4. The van der Waals surface area contributed by atoms with Gasteiger partial charge in [-0.3, -0.25) is 4.98 Å². The molecule has 0 radical (unpaired) electrons. The second-order valence-electron chi connectivity index (χ2n) is 19.7. The van der Waals surface area contributed by atoms with Crippen LogP contribution in [0.25, 0.3) is 0 Å². The third kappa shape index (κ3) is 21.4. The van der Waals surface area contributed by atoms with Gasteiger partial charge in [-0.2, -0.15) is 0 Å². The van der Waals surface area contributed by atoms with Crippen LogP contribution in [0.3, 0.4) is 0 Å². The summed E-state index contributed by atoms with van der Waals surface area (Å²) >= 11 is 24.0. The highest BCUT2D eigenvalue weighted by Gasteiger charge is 2.22. The molecule has 0 aliphatic carbocycles. The quantitative estimate of drug-likeness (QED) is 0.134. The number of benzene rings is 3. The Morgan fingerprint density at radius 1 is 0.500 bits per heavy atom. The fourth-order valence-corrected chi connectivity index (χ4v) is 6.65. The topological polar surface area (TPSA) is 93.8 Å². The molecule has 0 spiro atoms. The molecule has 0 aliphatic heterocycles. The van der Waals surface area contributed by atoms with Gasteiger partial charge in [-0.25, -0.2) is 0 Å². The van der Waals surface area contributed by atoms with E-state index in [0.29, 0.717) is 37.1 Å². The number of hydrogen-bond donors (Lipinski definition) is 4. The fourth-order valence-electron chi connectivity index (χ4n) is 5.63. The third-order valence-corrected chi connectivity index (χ3v) is 10.8. The molecule has 324 valence electrons. The molecule has 0 bridgehead atoms. The van der Waals surface area contributed by atoms with Gasteiger partial charge in [-0.1, -0.05) is 173 Å². The van der Waals surface area contributed by atoms with Gasteiger partial charge in [-0.05, 0) is 116 Å². The van der Waals surface area contributed by atoms with Gasteiger partial charge in [0, 0.05) is 21.3 Å². The molecule has 0 fully saturated rings. The van der Waals surface area contributed by atoms with Crippen molar-refractivity contribution in [3.05, 3.63) is 132 Å². The lowest BCUT2D eigenvalue weighted by Gasteiger charge is -2.28. The lowest BCUT2D eigenvalue weighted by molar-refractivity contribution is 0.277. The van der Waals surface area contributed by atoms with E-state index in [1.54, 1.807) is 6.20 Å². The van der Waals surface area contributed by atoms with Gasteiger partial charge < -0.3 is 20.4 Å². The van der Waals surface area contributed by atoms with Crippen molar-refractivity contribution in [2.24, 2.45) is 21.7 Å². The molecule has 5 nitrogen and oxygen atoms in total. The Morgan fingerprint density at radius 2 is 0.914 bits per heavy atom. The van der Waals surface area contributed by atoms with Gasteiger partial charge in [-0.15, -0.1) is 0 Å². The smallest absolute Gasteiger partial charge is 0.0868 e. The van der Waals surface area contributed by atoms with Crippen LogP contribution < -0.4 is 0 Å². The number of nitrogens with zero attached hydrogens (tertiary/aromatic N) is 1. The average molecular weight is 880 g/mol. The van der Waals surface area contributed by atoms with Crippen molar-refractivity contribution in [1.29, 1.82) is 0 Å². The second kappa shape index (κ2) is 24.3. The van der Waals surface area contributed by atoms with E-state index in [4.69, 9.17) is 66.8 Å². The van der Waals surface area contributed by atoms with E-state index < -0.39 is 0 Å². The first kappa shape index (κ1) is 53.8. The SMILES string of the molecule is CC(C)(C)CCc1ccc(CO)c(Cl)c1.CC(C)(C)Cc1ccc(CO)c(Cl)c1.CC(C)(C)Cc1cnc(CO)c(Cl)c1.CC(c1ccc(CO)c(Cl)c1)C(C)(C)C. The summed E-state index contributed by atoms with van der Waals surface area (Å²) < 4.78 is 0. The summed E-state index contributed by atoms with van der Waals surface area (Å²) in [7, 11) is 0. The van der Waals surface area contributed by atoms with Crippen molar-refractivity contribution in [2.45, 2.75) is 148 Å². The summed E-state index contributed by atoms with van der Waals surface area (Å²) in [4.78, 5) is 4.10. The summed E-state index contributed by atoms with van der Waals surface area (Å²) in [6, 6.07) is 19.6. The molecule has 0 aliphatic rings. The summed E-state index contributed by atoms with van der Waals surface area (Å²) in [5.74, 6) is 0.447. The lowest BCUT2D eigenvalue weighted by atomic mass is 9.78. The van der Waals surface area contributed by atoms with Crippen LogP contribution >= 0.6 is 46.4 Å². The van der Waals surface area contributed by atoms with Crippen molar-refractivity contribution in [3.8, 4) is 0 Å². The molecule has 1 aromatic heterocycles. The van der Waals surface area contributed by atoms with E-state index in [1.807, 2.05) is 60.7 Å². The molecular weight excluding hydrogens is 808 g/mol. The first-order valence-corrected chi connectivity index (χ1v) is 21.5. The number of rotatable bonds is 9. The van der Waals surface area contributed by atoms with Gasteiger partial charge in [0.2, 0.25) is 0 Å². The van der Waals surface area contributed by atoms with Gasteiger partial charge in [0.25, 0.3) is 0 Å². The third-order valence-electron chi connectivity index (χ3n) is 9.38. The predicted octanol–water partition coefficient (Wildman–Crippen LogP) is 14.0. The van der Waals surface area contributed by atoms with Crippen molar-refractivity contribution in [3.63, 3.8) is 0 Å². The number of pyridine rings is 1. The Balaban J connectivity index is 0.000000387. The molecule has 58 heavy (non-hydrogen) atoms. The van der Waals surface area contributed by atoms with Gasteiger partial charge >= 0.3 is 0 Å². The van der Waals surface area contributed by atoms with E-state index in [9.17, 15) is 0 Å². The maximum Gasteiger partial charge on any atom is 0.0868 e. The fraction of sp³-hybridized carbons (Fsp3) is 0.531. The van der Waals surface area contributed by atoms with Crippen LogP contribution in [0, 0.1) is 21.7 Å². The number of aliphatic hydroxyl groups excluding tert-OH is 4. The van der Waals surface area contributed by atoms with Crippen LogP contribution in [-0.4, -0.2) is 25.4 Å². The highest BCUT2D eigenvalue weighted by molar-refractivity contribution is 6.32. The molecule has 4 aromatic rings. The zero-order chi connectivity index (χ0) is 44.6. The minimum atomic E-state index is -0.103.